The molecule has 0 radical (unpaired) electrons. The first-order valence-electron chi connectivity index (χ1n) is 6.70. The zero-order valence-electron chi connectivity index (χ0n) is 11.6. The summed E-state index contributed by atoms with van der Waals surface area (Å²) in [6, 6.07) is 15.5. The number of hydrogen-bond donors (Lipinski definition) is 1. The number of aromatic amines is 1. The van der Waals surface area contributed by atoms with Crippen LogP contribution in [0.2, 0.25) is 0 Å². The smallest absolute Gasteiger partial charge is 0.185 e. The molecule has 2 aromatic carbocycles. The van der Waals surface area contributed by atoms with Gasteiger partial charge in [-0.1, -0.05) is 34.1 Å². The predicted molar refractivity (Wildman–Crippen MR) is 90.5 cm³/mol. The van der Waals surface area contributed by atoms with Crippen molar-refractivity contribution in [3.63, 3.8) is 0 Å². The SMILES string of the molecule is Cc1[nH]c2ccccc2c1/C=C\C(=O)c1ccc(Br)cc1. The molecule has 0 atom stereocenters. The summed E-state index contributed by atoms with van der Waals surface area (Å²) in [5.74, 6) is 0.00665. The molecule has 104 valence electrons. The Morgan fingerprint density at radius 2 is 1.81 bits per heavy atom. The second kappa shape index (κ2) is 5.70. The van der Waals surface area contributed by atoms with E-state index in [4.69, 9.17) is 0 Å². The normalized spacial score (nSPS) is 11.3. The van der Waals surface area contributed by atoms with Crippen LogP contribution in [0.3, 0.4) is 0 Å². The van der Waals surface area contributed by atoms with Gasteiger partial charge in [0, 0.05) is 32.2 Å². The van der Waals surface area contributed by atoms with Crippen LogP contribution in [0.15, 0.2) is 59.1 Å². The van der Waals surface area contributed by atoms with Crippen molar-refractivity contribution >= 4 is 38.7 Å². The van der Waals surface area contributed by atoms with E-state index in [0.29, 0.717) is 5.56 Å². The number of hydrogen-bond acceptors (Lipinski definition) is 1. The second-order valence-electron chi connectivity index (χ2n) is 4.91. The lowest BCUT2D eigenvalue weighted by molar-refractivity contribution is 0.104. The zero-order valence-corrected chi connectivity index (χ0v) is 13.1. The Morgan fingerprint density at radius 3 is 2.57 bits per heavy atom. The Bertz CT molecular complexity index is 828. The highest BCUT2D eigenvalue weighted by molar-refractivity contribution is 9.10. The molecule has 0 aliphatic carbocycles. The Labute approximate surface area is 131 Å². The minimum atomic E-state index is 0.00665. The standard InChI is InChI=1S/C18H14BrNO/c1-12-15(16-4-2-3-5-17(16)20-12)10-11-18(21)13-6-8-14(19)9-7-13/h2-11,20H,1H3/b11-10-. The van der Waals surface area contributed by atoms with Gasteiger partial charge in [-0.25, -0.2) is 0 Å². The van der Waals surface area contributed by atoms with E-state index >= 15 is 0 Å². The summed E-state index contributed by atoms with van der Waals surface area (Å²) in [4.78, 5) is 15.5. The number of H-pyrrole nitrogens is 1. The molecular weight excluding hydrogens is 326 g/mol. The average molecular weight is 340 g/mol. The number of rotatable bonds is 3. The van der Waals surface area contributed by atoms with E-state index in [9.17, 15) is 4.79 Å². The van der Waals surface area contributed by atoms with Gasteiger partial charge in [-0.15, -0.1) is 0 Å². The lowest BCUT2D eigenvalue weighted by atomic mass is 10.1. The number of fused-ring (bicyclic) bond motifs is 1. The Balaban J connectivity index is 1.92. The first kappa shape index (κ1) is 13.8. The van der Waals surface area contributed by atoms with E-state index < -0.39 is 0 Å². The average Bonchev–Trinajstić information content (AvgIpc) is 2.81. The molecule has 0 saturated heterocycles. The highest BCUT2D eigenvalue weighted by Crippen LogP contribution is 2.23. The summed E-state index contributed by atoms with van der Waals surface area (Å²) in [5.41, 5.74) is 3.91. The van der Waals surface area contributed by atoms with Gasteiger partial charge in [-0.3, -0.25) is 4.79 Å². The third kappa shape index (κ3) is 2.83. The second-order valence-corrected chi connectivity index (χ2v) is 5.83. The Hall–Kier alpha value is -2.13. The molecule has 1 aromatic heterocycles. The van der Waals surface area contributed by atoms with Crippen molar-refractivity contribution in [1.82, 2.24) is 4.98 Å². The molecule has 0 unspecified atom stereocenters. The van der Waals surface area contributed by atoms with Crippen LogP contribution in [-0.4, -0.2) is 10.8 Å². The molecule has 0 saturated carbocycles. The van der Waals surface area contributed by atoms with Crippen molar-refractivity contribution in [2.45, 2.75) is 6.92 Å². The van der Waals surface area contributed by atoms with Crippen LogP contribution in [0.5, 0.6) is 0 Å². The first-order valence-corrected chi connectivity index (χ1v) is 7.50. The quantitative estimate of drug-likeness (QED) is 0.520. The summed E-state index contributed by atoms with van der Waals surface area (Å²) < 4.78 is 0.968. The molecule has 0 aliphatic rings. The van der Waals surface area contributed by atoms with E-state index in [1.807, 2.05) is 55.5 Å². The van der Waals surface area contributed by atoms with Crippen LogP contribution in [-0.2, 0) is 0 Å². The third-order valence-electron chi connectivity index (χ3n) is 3.47. The number of allylic oxidation sites excluding steroid dienone is 1. The minimum Gasteiger partial charge on any atom is -0.358 e. The van der Waals surface area contributed by atoms with Crippen LogP contribution in [0, 0.1) is 6.92 Å². The van der Waals surface area contributed by atoms with Crippen LogP contribution < -0.4 is 0 Å². The largest absolute Gasteiger partial charge is 0.358 e. The molecule has 0 spiro atoms. The Kier molecular flexibility index (Phi) is 3.76. The summed E-state index contributed by atoms with van der Waals surface area (Å²) in [6.07, 6.45) is 3.52. The summed E-state index contributed by atoms with van der Waals surface area (Å²) >= 11 is 3.37. The van der Waals surface area contributed by atoms with Gasteiger partial charge in [0.1, 0.15) is 0 Å². The fraction of sp³-hybridized carbons (Fsp3) is 0.0556. The van der Waals surface area contributed by atoms with Gasteiger partial charge in [-0.05, 0) is 49.4 Å². The fourth-order valence-electron chi connectivity index (χ4n) is 2.38. The highest BCUT2D eigenvalue weighted by atomic mass is 79.9. The maximum absolute atomic E-state index is 12.2. The number of nitrogens with one attached hydrogen (secondary N) is 1. The van der Waals surface area contributed by atoms with Gasteiger partial charge in [-0.2, -0.15) is 0 Å². The number of aryl methyl sites for hydroxylation is 1. The molecule has 0 bridgehead atoms. The molecule has 21 heavy (non-hydrogen) atoms. The zero-order chi connectivity index (χ0) is 14.8. The topological polar surface area (TPSA) is 32.9 Å². The number of para-hydroxylation sites is 1. The van der Waals surface area contributed by atoms with E-state index in [1.54, 1.807) is 6.08 Å². The molecular formula is C18H14BrNO. The number of halogens is 1. The molecule has 0 fully saturated rings. The van der Waals surface area contributed by atoms with Crippen LogP contribution >= 0.6 is 15.9 Å². The number of carbonyl (C=O) groups is 1. The van der Waals surface area contributed by atoms with E-state index in [2.05, 4.69) is 27.0 Å². The fourth-order valence-corrected chi connectivity index (χ4v) is 2.65. The summed E-state index contributed by atoms with van der Waals surface area (Å²) in [5, 5.41) is 1.13. The molecule has 1 N–H and O–H groups in total. The maximum Gasteiger partial charge on any atom is 0.185 e. The van der Waals surface area contributed by atoms with E-state index in [0.717, 1.165) is 26.6 Å². The molecule has 1 heterocycles. The van der Waals surface area contributed by atoms with Gasteiger partial charge in [0.05, 0.1) is 0 Å². The Morgan fingerprint density at radius 1 is 1.10 bits per heavy atom. The monoisotopic (exact) mass is 339 g/mol. The highest BCUT2D eigenvalue weighted by Gasteiger charge is 2.06. The van der Waals surface area contributed by atoms with Crippen LogP contribution in [0.25, 0.3) is 17.0 Å². The van der Waals surface area contributed by atoms with Crippen molar-refractivity contribution in [3.8, 4) is 0 Å². The molecule has 3 aromatic rings. The van der Waals surface area contributed by atoms with Crippen LogP contribution in [0.1, 0.15) is 21.6 Å². The first-order chi connectivity index (χ1) is 10.1. The van der Waals surface area contributed by atoms with Gasteiger partial charge >= 0.3 is 0 Å². The van der Waals surface area contributed by atoms with Gasteiger partial charge in [0.2, 0.25) is 0 Å². The van der Waals surface area contributed by atoms with Gasteiger partial charge in [0.15, 0.2) is 5.78 Å². The van der Waals surface area contributed by atoms with E-state index in [-0.39, 0.29) is 5.78 Å². The van der Waals surface area contributed by atoms with Crippen molar-refractivity contribution in [2.24, 2.45) is 0 Å². The molecule has 2 nitrogen and oxygen atoms in total. The summed E-state index contributed by atoms with van der Waals surface area (Å²) in [7, 11) is 0. The van der Waals surface area contributed by atoms with Gasteiger partial charge in [0.25, 0.3) is 0 Å². The molecule has 0 amide bonds. The van der Waals surface area contributed by atoms with E-state index in [1.165, 1.54) is 0 Å². The predicted octanol–water partition coefficient (Wildman–Crippen LogP) is 5.13. The lowest BCUT2D eigenvalue weighted by Crippen LogP contribution is -1.93. The third-order valence-corrected chi connectivity index (χ3v) is 4.00. The molecule has 0 aliphatic heterocycles. The van der Waals surface area contributed by atoms with Crippen molar-refractivity contribution in [3.05, 3.63) is 75.9 Å². The van der Waals surface area contributed by atoms with Crippen LogP contribution in [0.4, 0.5) is 0 Å². The number of aromatic nitrogens is 1. The van der Waals surface area contributed by atoms with Crippen molar-refractivity contribution < 1.29 is 4.79 Å². The van der Waals surface area contributed by atoms with Gasteiger partial charge < -0.3 is 4.98 Å². The number of ketones is 1. The molecule has 3 heteroatoms. The maximum atomic E-state index is 12.2. The van der Waals surface area contributed by atoms with Crippen molar-refractivity contribution in [1.29, 1.82) is 0 Å². The molecule has 3 rings (SSSR count). The number of benzene rings is 2. The van der Waals surface area contributed by atoms with Crippen molar-refractivity contribution in [2.75, 3.05) is 0 Å². The summed E-state index contributed by atoms with van der Waals surface area (Å²) in [6.45, 7) is 2.02. The minimum absolute atomic E-state index is 0.00665. The number of carbonyl (C=O) groups excluding carboxylic acids is 1. The lowest BCUT2D eigenvalue weighted by Gasteiger charge is -1.97.